The first-order chi connectivity index (χ1) is 52.6. The molecule has 0 radical (unpaired) electrons. The molecule has 1 heterocycles. The number of ketones is 1. The maximum Gasteiger partial charge on any atom is 0.534 e. The zero-order valence-electron chi connectivity index (χ0n) is 60.9. The molecule has 0 saturated heterocycles. The van der Waals surface area contributed by atoms with Crippen molar-refractivity contribution in [1.29, 1.82) is 0 Å². The van der Waals surface area contributed by atoms with E-state index in [9.17, 15) is 72.6 Å². The van der Waals surface area contributed by atoms with Crippen LogP contribution in [0.25, 0.3) is 22.3 Å². The summed E-state index contributed by atoms with van der Waals surface area (Å²) in [5.74, 6) is -2.53. The van der Waals surface area contributed by atoms with E-state index in [1.165, 1.54) is 66.6 Å². The Bertz CT molecular complexity index is 4370. The third-order valence-electron chi connectivity index (χ3n) is 19.0. The average molecular weight is 1930 g/mol. The number of amidine groups is 1. The van der Waals surface area contributed by atoms with Gasteiger partial charge in [-0.15, -0.1) is 11.6 Å². The van der Waals surface area contributed by atoms with Crippen LogP contribution in [0.3, 0.4) is 0 Å². The Hall–Kier alpha value is -5.99. The van der Waals surface area contributed by atoms with Gasteiger partial charge in [0, 0.05) is 58.0 Å². The molecule has 0 spiro atoms. The van der Waals surface area contributed by atoms with Gasteiger partial charge in [0.1, 0.15) is 46.5 Å². The highest BCUT2D eigenvalue weighted by atomic mass is 79.9. The van der Waals surface area contributed by atoms with Crippen molar-refractivity contribution < 1.29 is 96.1 Å². The van der Waals surface area contributed by atoms with E-state index in [0.717, 1.165) is 147 Å². The van der Waals surface area contributed by atoms with E-state index in [2.05, 4.69) is 88.6 Å². The van der Waals surface area contributed by atoms with Gasteiger partial charge in [-0.1, -0.05) is 103 Å². The van der Waals surface area contributed by atoms with Gasteiger partial charge in [0.2, 0.25) is 0 Å². The number of nitrogens with two attached hydrogens (primary N) is 1. The third kappa shape index (κ3) is 26.5. The highest BCUT2D eigenvalue weighted by Gasteiger charge is 2.50. The summed E-state index contributed by atoms with van der Waals surface area (Å²) >= 11 is 23.9. The van der Waals surface area contributed by atoms with Crippen LogP contribution < -0.4 is 5.73 Å². The van der Waals surface area contributed by atoms with Crippen molar-refractivity contribution in [2.75, 3.05) is 38.1 Å². The number of aliphatic imine (C=N–C) groups is 1. The standard InChI is InChI=1S/C14H14BrFO2.C13H14BrFN2S.C12H11BrClF.C12H10BrFO2.C12H12BrFO.C9H11F3O5S.C8H12O3/c1-2-18-14(17)13-5-3-4-12(13)9-6-10(15)8-11(16)7-9;14-10-4-9(5-11(15)6-10)13-3-1-2-8(13)7-18-12(16)17-13;13-10-4-9(5-11(15)6-10)12-3-1-2-8(12)7-14;13-8-4-7(5-9(14)6-8)10-2-1-3-11(10)12(15)16;13-10-4-9(5-11(14)6-10)12-3-1-2-8(12)7-15;1-2-16-8(13)6-4-3-5-7(6)17-18(14,15)9(10,11)12;1-2-11-8(10)6-4-3-5-7(6)9/h6-8H,2-5H2,1H3;4-6,8H,1-3,7H2,(H2,16,17);4-6H,1-3,7H2;4-6H,1-3H2,(H,15,16);4-6,15H,1-3,7H2;2-5H2,1H3;6H,2-5H2,1H3/t;8-,13-;;;;;/m.0...../s1. The van der Waals surface area contributed by atoms with Crippen molar-refractivity contribution in [1.82, 2.24) is 0 Å². The zero-order chi connectivity index (χ0) is 81.5. The second kappa shape index (κ2) is 43.7. The Kier molecular flexibility index (Phi) is 36.3. The lowest BCUT2D eigenvalue weighted by Gasteiger charge is -2.36. The Balaban J connectivity index is 0.000000181. The van der Waals surface area contributed by atoms with Gasteiger partial charge in [-0.25, -0.2) is 36.3 Å². The summed E-state index contributed by atoms with van der Waals surface area (Å²) in [6, 6.07) is 24.2. The van der Waals surface area contributed by atoms with Crippen LogP contribution in [0.1, 0.15) is 183 Å². The molecule has 15 nitrogen and oxygen atoms in total. The normalized spacial score (nSPS) is 19.2. The number of hydrogen-bond acceptors (Lipinski definition) is 15. The molecule has 602 valence electrons. The minimum Gasteiger partial charge on any atom is -0.478 e. The van der Waals surface area contributed by atoms with Gasteiger partial charge in [0.25, 0.3) is 0 Å². The number of thioether (sulfide) groups is 1. The van der Waals surface area contributed by atoms with Gasteiger partial charge < -0.3 is 34.3 Å². The summed E-state index contributed by atoms with van der Waals surface area (Å²) in [4.78, 5) is 60.9. The molecule has 0 bridgehead atoms. The smallest absolute Gasteiger partial charge is 0.478 e. The van der Waals surface area contributed by atoms with Crippen molar-refractivity contribution in [3.63, 3.8) is 0 Å². The lowest BCUT2D eigenvalue weighted by molar-refractivity contribution is -0.150. The number of aliphatic hydroxyl groups is 1. The molecular formula is C80H84Br5ClF8N2O13S2. The lowest BCUT2D eigenvalue weighted by Crippen LogP contribution is -2.36. The Morgan fingerprint density at radius 2 is 0.973 bits per heavy atom. The van der Waals surface area contributed by atoms with Crippen LogP contribution in [0.2, 0.25) is 0 Å². The van der Waals surface area contributed by atoms with Gasteiger partial charge >= 0.3 is 39.5 Å². The van der Waals surface area contributed by atoms with E-state index in [-0.39, 0.29) is 84.0 Å². The number of aliphatic carboxylic acids is 1. The van der Waals surface area contributed by atoms with Crippen LogP contribution >= 0.6 is 103 Å². The number of benzene rings is 5. The summed E-state index contributed by atoms with van der Waals surface area (Å²) in [5.41, 5.74) is 11.6. The lowest BCUT2D eigenvalue weighted by atomic mass is 9.81. The maximum atomic E-state index is 13.6. The minimum absolute atomic E-state index is 0.0382. The number of hydrogen-bond donors (Lipinski definition) is 3. The summed E-state index contributed by atoms with van der Waals surface area (Å²) < 4.78 is 147. The molecule has 7 aliphatic carbocycles. The highest BCUT2D eigenvalue weighted by molar-refractivity contribution is 9.11. The quantitative estimate of drug-likeness (QED) is 0.0158. The van der Waals surface area contributed by atoms with Crippen molar-refractivity contribution in [2.24, 2.45) is 22.6 Å². The Morgan fingerprint density at radius 3 is 1.42 bits per heavy atom. The molecule has 111 heavy (non-hydrogen) atoms. The number of ether oxygens (including phenoxy) is 3. The number of halogens is 14. The number of allylic oxidation sites excluding steroid dienone is 6. The van der Waals surface area contributed by atoms with E-state index in [4.69, 9.17) is 36.9 Å². The molecule has 31 heteroatoms. The molecule has 5 aromatic rings. The molecule has 8 aliphatic rings. The molecule has 13 rings (SSSR count). The Morgan fingerprint density at radius 1 is 0.550 bits per heavy atom. The minimum atomic E-state index is -5.73. The number of esters is 3. The van der Waals surface area contributed by atoms with Crippen LogP contribution in [-0.4, -0.2) is 97.0 Å². The predicted octanol–water partition coefficient (Wildman–Crippen LogP) is 22.4. The molecule has 5 aromatic carbocycles. The SMILES string of the molecule is CCOC(=O)C1=C(OS(=O)(=O)C(F)(F)F)CCC1.CCOC(=O)C1=C(c2cc(F)cc(Br)c2)CCC1.CCOC(=O)C1CCCC1=O.Fc1cc(Br)cc(C2=C(CCl)CCC2)c1.NC1=N[C@@]2(c3cc(F)cc(Br)c3)CCC[C@H]2CS1.O=C(O)C1=C(c2cc(F)cc(Br)c2)CCC1.OCC1=C(c2cc(F)cc(Br)c2)CCC1. The van der Waals surface area contributed by atoms with E-state index in [1.54, 1.807) is 43.8 Å². The molecular weight excluding hydrogens is 1850 g/mol. The van der Waals surface area contributed by atoms with Crippen LogP contribution in [0.4, 0.5) is 35.1 Å². The largest absolute Gasteiger partial charge is 0.534 e. The maximum absolute atomic E-state index is 13.6. The Labute approximate surface area is 691 Å². The second-order valence-corrected chi connectivity index (χ2v) is 33.9. The average Bonchev–Trinajstić information content (AvgIpc) is 1.66. The first-order valence-corrected chi connectivity index (χ1v) is 42.9. The predicted molar refractivity (Wildman–Crippen MR) is 431 cm³/mol. The first-order valence-electron chi connectivity index (χ1n) is 36.0. The third-order valence-corrected chi connectivity index (χ3v) is 23.6. The topological polar surface area (TPSA) is 235 Å². The highest BCUT2D eigenvalue weighted by Crippen LogP contribution is 2.51. The molecule has 2 fully saturated rings. The fraction of sp³-hybridized carbons (Fsp3) is 0.425. The molecule has 1 aliphatic heterocycles. The first kappa shape index (κ1) is 92.2. The van der Waals surface area contributed by atoms with Gasteiger partial charge in [-0.3, -0.25) is 14.6 Å². The number of carboxylic acids is 1. The number of carboxylic acid groups (broad SMARTS) is 1. The van der Waals surface area contributed by atoms with Crippen LogP contribution in [0.15, 0.2) is 152 Å². The van der Waals surface area contributed by atoms with E-state index in [0.29, 0.717) is 94.4 Å². The van der Waals surface area contributed by atoms with Gasteiger partial charge in [-0.05, 0) is 289 Å². The van der Waals surface area contributed by atoms with Crippen molar-refractivity contribution in [3.05, 3.63) is 204 Å². The molecule has 2 saturated carbocycles. The number of aliphatic hydroxyl groups excluding tert-OH is 1. The van der Waals surface area contributed by atoms with E-state index >= 15 is 0 Å². The van der Waals surface area contributed by atoms with Crippen LogP contribution in [-0.2, 0) is 58.0 Å². The summed E-state index contributed by atoms with van der Waals surface area (Å²) in [7, 11) is -5.73. The number of carbonyl (C=O) groups is 5. The molecule has 0 aromatic heterocycles. The number of alkyl halides is 4. The number of nitrogens with zero attached hydrogens (tertiary/aromatic N) is 1. The number of carbonyl (C=O) groups excluding carboxylic acids is 4. The van der Waals surface area contributed by atoms with Crippen molar-refractivity contribution in [2.45, 2.75) is 167 Å². The molecule has 4 N–H and O–H groups in total. The van der Waals surface area contributed by atoms with Crippen LogP contribution in [0.5, 0.6) is 0 Å². The van der Waals surface area contributed by atoms with E-state index in [1.807, 2.05) is 24.3 Å². The number of fused-ring (bicyclic) bond motifs is 1. The van der Waals surface area contributed by atoms with Gasteiger partial charge in [0.15, 0.2) is 5.17 Å². The van der Waals surface area contributed by atoms with Crippen molar-refractivity contribution >= 4 is 170 Å². The summed E-state index contributed by atoms with van der Waals surface area (Å²) in [5, 5.41) is 18.8. The van der Waals surface area contributed by atoms with E-state index < -0.39 is 39.2 Å². The fourth-order valence-corrected chi connectivity index (χ4v) is 18.4. The molecule has 0 amide bonds. The zero-order valence-corrected chi connectivity index (χ0v) is 71.2. The molecule has 3 atom stereocenters. The van der Waals surface area contributed by atoms with Crippen molar-refractivity contribution in [3.8, 4) is 0 Å². The van der Waals surface area contributed by atoms with Gasteiger partial charge in [0.05, 0.1) is 37.5 Å². The van der Waals surface area contributed by atoms with Gasteiger partial charge in [-0.2, -0.15) is 21.6 Å². The number of Topliss-reactive ketones (excluding diaryl/α,β-unsaturated/α-hetero) is 1. The monoisotopic (exact) mass is 1930 g/mol. The fourth-order valence-electron chi connectivity index (χ4n) is 14.2. The van der Waals surface area contributed by atoms with Crippen LogP contribution in [0, 0.1) is 40.9 Å². The number of rotatable bonds is 16. The molecule has 1 unspecified atom stereocenters. The summed E-state index contributed by atoms with van der Waals surface area (Å²) in [6.07, 6.45) is 16.4. The summed E-state index contributed by atoms with van der Waals surface area (Å²) in [6.45, 7) is 5.92. The second-order valence-electron chi connectivity index (χ2n) is 26.5.